The van der Waals surface area contributed by atoms with E-state index in [1.807, 2.05) is 0 Å². The number of hydrogen-bond acceptors (Lipinski definition) is 4. The summed E-state index contributed by atoms with van der Waals surface area (Å²) in [7, 11) is 0. The summed E-state index contributed by atoms with van der Waals surface area (Å²) in [6.07, 6.45) is 0. The van der Waals surface area contributed by atoms with Gasteiger partial charge in [0.2, 0.25) is 6.54 Å². The first-order valence-corrected chi connectivity index (χ1v) is 5.02. The maximum absolute atomic E-state index is 11.2. The third-order valence-corrected chi connectivity index (χ3v) is 2.13. The Hall–Kier alpha value is -2.17. The van der Waals surface area contributed by atoms with Gasteiger partial charge in [-0.2, -0.15) is 0 Å². The smallest absolute Gasteiger partial charge is 0.333 e. The minimum Gasteiger partial charge on any atom is -0.457 e. The zero-order valence-corrected chi connectivity index (χ0v) is 9.51. The van der Waals surface area contributed by atoms with Crippen molar-refractivity contribution in [3.63, 3.8) is 0 Å². The summed E-state index contributed by atoms with van der Waals surface area (Å²) in [5.41, 5.74) is 1.49. The summed E-state index contributed by atoms with van der Waals surface area (Å²) in [5, 5.41) is 10.5. The zero-order valence-electron chi connectivity index (χ0n) is 9.51. The molecule has 0 atom stereocenters. The van der Waals surface area contributed by atoms with Gasteiger partial charge in [0.05, 0.1) is 0 Å². The van der Waals surface area contributed by atoms with E-state index in [0.717, 1.165) is 0 Å². The Morgan fingerprint density at radius 2 is 2.00 bits per heavy atom. The van der Waals surface area contributed by atoms with Crippen molar-refractivity contribution < 1.29 is 14.5 Å². The third kappa shape index (κ3) is 4.06. The molecule has 0 aliphatic carbocycles. The van der Waals surface area contributed by atoms with Gasteiger partial charge in [-0.05, 0) is 12.5 Å². The number of nitro groups is 1. The van der Waals surface area contributed by atoms with Gasteiger partial charge in [0, 0.05) is 16.1 Å². The second-order valence-corrected chi connectivity index (χ2v) is 3.62. The number of carbonyl (C=O) groups is 1. The molecule has 90 valence electrons. The summed E-state index contributed by atoms with van der Waals surface area (Å²) < 4.78 is 4.95. The highest BCUT2D eigenvalue weighted by Gasteiger charge is 2.10. The molecule has 5 nitrogen and oxygen atoms in total. The number of nitrogens with zero attached hydrogens (tertiary/aromatic N) is 1. The molecule has 0 fully saturated rings. The maximum Gasteiger partial charge on any atom is 0.333 e. The normalized spacial score (nSPS) is 9.71. The molecule has 0 spiro atoms. The fourth-order valence-corrected chi connectivity index (χ4v) is 1.26. The van der Waals surface area contributed by atoms with Crippen molar-refractivity contribution in [3.05, 3.63) is 57.7 Å². The highest BCUT2D eigenvalue weighted by molar-refractivity contribution is 5.86. The van der Waals surface area contributed by atoms with Gasteiger partial charge < -0.3 is 4.74 Å². The van der Waals surface area contributed by atoms with E-state index in [2.05, 4.69) is 6.58 Å². The summed E-state index contributed by atoms with van der Waals surface area (Å²) in [6, 6.07) is 6.80. The average Bonchev–Trinajstić information content (AvgIpc) is 2.26. The molecule has 1 aromatic carbocycles. The summed E-state index contributed by atoms with van der Waals surface area (Å²) >= 11 is 0. The van der Waals surface area contributed by atoms with Crippen molar-refractivity contribution in [2.75, 3.05) is 0 Å². The van der Waals surface area contributed by atoms with E-state index in [1.54, 1.807) is 31.2 Å². The van der Waals surface area contributed by atoms with E-state index in [-0.39, 0.29) is 13.2 Å². The summed E-state index contributed by atoms with van der Waals surface area (Å²) in [6.45, 7) is 4.75. The Labute approximate surface area is 98.9 Å². The van der Waals surface area contributed by atoms with Crippen molar-refractivity contribution in [1.82, 2.24) is 0 Å². The molecule has 17 heavy (non-hydrogen) atoms. The largest absolute Gasteiger partial charge is 0.457 e. The lowest BCUT2D eigenvalue weighted by molar-refractivity contribution is -0.497. The van der Waals surface area contributed by atoms with Crippen LogP contribution in [0.1, 0.15) is 18.1 Å². The van der Waals surface area contributed by atoms with E-state index < -0.39 is 10.9 Å². The highest BCUT2D eigenvalue weighted by Crippen LogP contribution is 2.11. The van der Waals surface area contributed by atoms with E-state index >= 15 is 0 Å². The van der Waals surface area contributed by atoms with Gasteiger partial charge in [0.25, 0.3) is 0 Å². The van der Waals surface area contributed by atoms with E-state index in [4.69, 9.17) is 4.74 Å². The Morgan fingerprint density at radius 1 is 1.41 bits per heavy atom. The monoisotopic (exact) mass is 235 g/mol. The van der Waals surface area contributed by atoms with Gasteiger partial charge in [0.1, 0.15) is 6.61 Å². The van der Waals surface area contributed by atoms with Crippen LogP contribution in [-0.2, 0) is 22.7 Å². The lowest BCUT2D eigenvalue weighted by atomic mass is 10.1. The van der Waals surface area contributed by atoms with Crippen LogP contribution in [0.3, 0.4) is 0 Å². The van der Waals surface area contributed by atoms with E-state index in [1.165, 1.54) is 0 Å². The molecular formula is C12H13NO4. The summed E-state index contributed by atoms with van der Waals surface area (Å²) in [5.74, 6) is -0.499. The van der Waals surface area contributed by atoms with Crippen LogP contribution in [0.2, 0.25) is 0 Å². The number of benzene rings is 1. The maximum atomic E-state index is 11.2. The molecule has 1 rings (SSSR count). The van der Waals surface area contributed by atoms with Gasteiger partial charge in [-0.3, -0.25) is 10.1 Å². The molecule has 0 saturated heterocycles. The van der Waals surface area contributed by atoms with Gasteiger partial charge in [0.15, 0.2) is 0 Å². The molecule has 0 aliphatic rings. The van der Waals surface area contributed by atoms with Crippen molar-refractivity contribution >= 4 is 5.97 Å². The van der Waals surface area contributed by atoms with Gasteiger partial charge in [-0.25, -0.2) is 4.79 Å². The molecular weight excluding hydrogens is 222 g/mol. The van der Waals surface area contributed by atoms with Crippen molar-refractivity contribution in [1.29, 1.82) is 0 Å². The lowest BCUT2D eigenvalue weighted by Crippen LogP contribution is -2.08. The van der Waals surface area contributed by atoms with Crippen LogP contribution in [0.5, 0.6) is 0 Å². The average molecular weight is 235 g/mol. The van der Waals surface area contributed by atoms with Crippen LogP contribution >= 0.6 is 0 Å². The lowest BCUT2D eigenvalue weighted by Gasteiger charge is -2.07. The molecule has 0 bridgehead atoms. The molecule has 0 unspecified atom stereocenters. The minimum atomic E-state index is -0.499. The predicted molar refractivity (Wildman–Crippen MR) is 61.8 cm³/mol. The number of esters is 1. The minimum absolute atomic E-state index is 0.0235. The van der Waals surface area contributed by atoms with Crippen molar-refractivity contribution in [2.24, 2.45) is 0 Å². The quantitative estimate of drug-likeness (QED) is 0.339. The Balaban J connectivity index is 2.73. The van der Waals surface area contributed by atoms with E-state index in [9.17, 15) is 14.9 Å². The second-order valence-electron chi connectivity index (χ2n) is 3.62. The molecule has 0 aromatic heterocycles. The molecule has 1 aromatic rings. The first-order valence-electron chi connectivity index (χ1n) is 5.02. The number of carbonyl (C=O) groups excluding carboxylic acids is 1. The van der Waals surface area contributed by atoms with Crippen LogP contribution < -0.4 is 0 Å². The highest BCUT2D eigenvalue weighted by atomic mass is 16.6. The molecule has 0 aliphatic heterocycles. The Kier molecular flexibility index (Phi) is 4.39. The van der Waals surface area contributed by atoms with Crippen LogP contribution in [-0.4, -0.2) is 10.9 Å². The van der Waals surface area contributed by atoms with E-state index in [0.29, 0.717) is 16.7 Å². The fourth-order valence-electron chi connectivity index (χ4n) is 1.26. The Morgan fingerprint density at radius 3 is 2.53 bits per heavy atom. The molecule has 0 radical (unpaired) electrons. The first kappa shape index (κ1) is 12.9. The van der Waals surface area contributed by atoms with Gasteiger partial charge in [-0.1, -0.05) is 30.8 Å². The van der Waals surface area contributed by atoms with Crippen LogP contribution in [0.15, 0.2) is 36.4 Å². The van der Waals surface area contributed by atoms with Crippen LogP contribution in [0.25, 0.3) is 0 Å². The number of rotatable bonds is 5. The number of ether oxygens (including phenoxy) is 1. The molecule has 0 amide bonds. The fraction of sp³-hybridized carbons (Fsp3) is 0.250. The standard InChI is InChI=1S/C12H13NO4/c1-9(2)12(14)17-8-11-6-4-3-5-10(11)7-13(15)16/h3-6H,1,7-8H2,2H3. The van der Waals surface area contributed by atoms with Crippen LogP contribution in [0.4, 0.5) is 0 Å². The third-order valence-electron chi connectivity index (χ3n) is 2.13. The topological polar surface area (TPSA) is 69.4 Å². The SMILES string of the molecule is C=C(C)C(=O)OCc1ccccc1C[N+](=O)[O-]. The van der Waals surface area contributed by atoms with Gasteiger partial charge in [-0.15, -0.1) is 0 Å². The van der Waals surface area contributed by atoms with Crippen molar-refractivity contribution in [2.45, 2.75) is 20.1 Å². The predicted octanol–water partition coefficient (Wildman–Crippen LogP) is 2.08. The molecule has 0 saturated carbocycles. The van der Waals surface area contributed by atoms with Crippen LogP contribution in [0, 0.1) is 10.1 Å². The molecule has 5 heteroatoms. The first-order chi connectivity index (χ1) is 8.00. The number of hydrogen-bond donors (Lipinski definition) is 0. The second kappa shape index (κ2) is 5.79. The summed E-state index contributed by atoms with van der Waals surface area (Å²) in [4.78, 5) is 21.2. The van der Waals surface area contributed by atoms with Gasteiger partial charge >= 0.3 is 5.97 Å². The molecule has 0 N–H and O–H groups in total. The Bertz CT molecular complexity index is 454. The molecule has 0 heterocycles. The zero-order chi connectivity index (χ0) is 12.8. The van der Waals surface area contributed by atoms with Crippen molar-refractivity contribution in [3.8, 4) is 0 Å².